The van der Waals surface area contributed by atoms with Crippen LogP contribution in [0.15, 0.2) is 37.0 Å². The number of likely N-dealkylation sites (N-methyl/N-ethyl adjacent to an activating group) is 2. The number of carbonyl (C=O) groups excluding carboxylic acids is 7. The van der Waals surface area contributed by atoms with Gasteiger partial charge < -0.3 is 50.8 Å². The summed E-state index contributed by atoms with van der Waals surface area (Å²) in [6, 6.07) is -1.57. The van der Waals surface area contributed by atoms with E-state index in [1.54, 1.807) is 35.1 Å². The molecule has 0 bridgehead atoms. The maximum Gasteiger partial charge on any atom is 0.320 e. The Bertz CT molecular complexity index is 1600. The number of rotatable bonds is 30. The molecule has 0 saturated carbocycles. The summed E-state index contributed by atoms with van der Waals surface area (Å²) in [4.78, 5) is 95.9. The number of aliphatic carboxylic acids is 1. The number of aldehydes is 1. The van der Waals surface area contributed by atoms with Crippen molar-refractivity contribution in [2.24, 2.45) is 23.2 Å². The Morgan fingerprint density at radius 2 is 1.42 bits per heavy atom. The predicted molar refractivity (Wildman–Crippen MR) is 339 cm³/mol. The van der Waals surface area contributed by atoms with Crippen LogP contribution >= 0.6 is 0 Å². The largest absolute Gasteiger partial charge is 0.480 e. The first-order valence-corrected chi connectivity index (χ1v) is 29.7. The first kappa shape index (κ1) is 92.8. The summed E-state index contributed by atoms with van der Waals surface area (Å²) in [6.07, 6.45) is 19.0. The van der Waals surface area contributed by atoms with E-state index in [0.717, 1.165) is 25.7 Å². The van der Waals surface area contributed by atoms with Crippen LogP contribution in [0.1, 0.15) is 201 Å². The fourth-order valence-electron chi connectivity index (χ4n) is 6.64. The number of aliphatic hydroxyl groups excluding tert-OH is 1. The van der Waals surface area contributed by atoms with Gasteiger partial charge in [-0.05, 0) is 124 Å². The van der Waals surface area contributed by atoms with Gasteiger partial charge in [-0.1, -0.05) is 140 Å². The summed E-state index contributed by atoms with van der Waals surface area (Å²) >= 11 is 0. The van der Waals surface area contributed by atoms with Crippen LogP contribution in [0.4, 0.5) is 0 Å². The zero-order valence-electron chi connectivity index (χ0n) is 56.0. The van der Waals surface area contributed by atoms with Crippen LogP contribution in [-0.2, 0) is 43.1 Å². The van der Waals surface area contributed by atoms with E-state index in [2.05, 4.69) is 89.8 Å². The number of methoxy groups -OCH3 is 1. The Kier molecular flexibility index (Phi) is 74.0. The van der Waals surface area contributed by atoms with Gasteiger partial charge in [0.2, 0.25) is 30.0 Å². The van der Waals surface area contributed by atoms with Crippen LogP contribution in [0, 0.1) is 23.2 Å². The van der Waals surface area contributed by atoms with E-state index in [4.69, 9.17) is 14.9 Å². The third-order valence-electron chi connectivity index (χ3n) is 11.3. The number of Topliss-reactive ketones (excluding diaryl/α,β-unsaturated/α-hetero) is 1. The van der Waals surface area contributed by atoms with Gasteiger partial charge in [0, 0.05) is 52.4 Å². The van der Waals surface area contributed by atoms with Crippen molar-refractivity contribution in [2.75, 3.05) is 75.6 Å². The minimum absolute atomic E-state index is 0.00944. The minimum atomic E-state index is -0.800. The average molecular weight is 1160 g/mol. The summed E-state index contributed by atoms with van der Waals surface area (Å²) in [5.74, 6) is -1.57. The van der Waals surface area contributed by atoms with Gasteiger partial charge in [-0.3, -0.25) is 38.5 Å². The highest BCUT2D eigenvalue weighted by Crippen LogP contribution is 2.21. The SMILES string of the molecule is C=C(CO)CN(C=O)C(C)C=O.C=CCC(/C=C\C)CC(NC)C(=O)O.CC.CCC.CCC(C)OC.CCCC(=O)CNC(=O)C(C(C)C)N(C)C(=O)CCCCCN1C(=O)CC(C)C1=O.CCCCC(C)(C)C.CNC.CNC. The third-order valence-corrected chi connectivity index (χ3v) is 11.3. The van der Waals surface area contributed by atoms with Crippen molar-refractivity contribution in [1.82, 2.24) is 36.0 Å². The summed E-state index contributed by atoms with van der Waals surface area (Å²) < 4.78 is 4.90. The lowest BCUT2D eigenvalue weighted by atomic mass is 9.90. The molecule has 0 aliphatic carbocycles. The maximum absolute atomic E-state index is 12.6. The Labute approximate surface area is 496 Å². The Morgan fingerprint density at radius 1 is 0.889 bits per heavy atom. The second kappa shape index (κ2) is 64.5. The number of hydrogen-bond acceptors (Lipinski definition) is 13. The number of ether oxygens (including phenoxy) is 1. The van der Waals surface area contributed by atoms with Crippen LogP contribution in [0.3, 0.4) is 0 Å². The molecule has 81 heavy (non-hydrogen) atoms. The summed E-state index contributed by atoms with van der Waals surface area (Å²) in [7, 11) is 12.5. The monoisotopic (exact) mass is 1160 g/mol. The zero-order chi connectivity index (χ0) is 65.1. The summed E-state index contributed by atoms with van der Waals surface area (Å²) in [6.45, 7) is 40.1. The van der Waals surface area contributed by atoms with Crippen molar-refractivity contribution in [3.8, 4) is 0 Å². The van der Waals surface area contributed by atoms with Gasteiger partial charge in [0.1, 0.15) is 18.4 Å². The predicted octanol–water partition coefficient (Wildman–Crippen LogP) is 10.1. The van der Waals surface area contributed by atoms with E-state index >= 15 is 0 Å². The number of amides is 5. The molecule has 6 unspecified atom stereocenters. The van der Waals surface area contributed by atoms with Crippen molar-refractivity contribution in [1.29, 1.82) is 0 Å². The number of unbranched alkanes of at least 4 members (excludes halogenated alkanes) is 3. The number of carboxylic acid groups (broad SMARTS) is 1. The number of carbonyl (C=O) groups is 8. The van der Waals surface area contributed by atoms with Crippen molar-refractivity contribution in [2.45, 2.75) is 225 Å². The summed E-state index contributed by atoms with van der Waals surface area (Å²) in [5.41, 5.74) is 1.06. The second-order valence-corrected chi connectivity index (χ2v) is 21.1. The van der Waals surface area contributed by atoms with Crippen molar-refractivity contribution >= 4 is 48.1 Å². The first-order valence-electron chi connectivity index (χ1n) is 29.7. The Hall–Kier alpha value is -4.62. The van der Waals surface area contributed by atoms with E-state index in [9.17, 15) is 38.4 Å². The quantitative estimate of drug-likeness (QED) is 0.0170. The van der Waals surface area contributed by atoms with E-state index < -0.39 is 24.1 Å². The van der Waals surface area contributed by atoms with Gasteiger partial charge >= 0.3 is 5.97 Å². The van der Waals surface area contributed by atoms with E-state index in [0.29, 0.717) is 68.4 Å². The minimum Gasteiger partial charge on any atom is -0.480 e. The van der Waals surface area contributed by atoms with Gasteiger partial charge in [0.15, 0.2) is 5.78 Å². The Morgan fingerprint density at radius 3 is 1.74 bits per heavy atom. The van der Waals surface area contributed by atoms with Crippen molar-refractivity contribution in [3.63, 3.8) is 0 Å². The normalized spacial score (nSPS) is 13.8. The average Bonchev–Trinajstić information content (AvgIpc) is 3.66. The molecule has 1 rings (SSSR count). The smallest absolute Gasteiger partial charge is 0.320 e. The van der Waals surface area contributed by atoms with Crippen LogP contribution in [0.25, 0.3) is 0 Å². The topological polar surface area (TPSA) is 244 Å². The van der Waals surface area contributed by atoms with Gasteiger partial charge in [0.25, 0.3) is 0 Å². The van der Waals surface area contributed by atoms with Crippen LogP contribution in [-0.4, -0.2) is 173 Å². The van der Waals surface area contributed by atoms with Crippen molar-refractivity contribution < 1.29 is 53.3 Å². The zero-order valence-corrected chi connectivity index (χ0v) is 56.0. The first-order chi connectivity index (χ1) is 38.0. The fraction of sp³-hybridized carbons (Fsp3) is 0.778. The van der Waals surface area contributed by atoms with Gasteiger partial charge in [-0.25, -0.2) is 0 Å². The molecule has 1 heterocycles. The molecule has 0 aromatic rings. The van der Waals surface area contributed by atoms with Gasteiger partial charge in [-0.2, -0.15) is 0 Å². The number of imide groups is 1. The molecular weight excluding hydrogens is 1030 g/mol. The number of allylic oxidation sites excluding steroid dienone is 3. The maximum atomic E-state index is 12.6. The number of carboxylic acids is 1. The number of nitrogens with one attached hydrogen (secondary N) is 4. The van der Waals surface area contributed by atoms with Crippen molar-refractivity contribution in [3.05, 3.63) is 37.0 Å². The molecule has 1 aliphatic rings. The molecule has 0 radical (unpaired) electrons. The fourth-order valence-corrected chi connectivity index (χ4v) is 6.64. The molecule has 6 N–H and O–H groups in total. The van der Waals surface area contributed by atoms with Gasteiger partial charge in [0.05, 0.1) is 25.3 Å². The number of nitrogens with zero attached hydrogens (tertiary/aromatic N) is 3. The standard InChI is InChI=1S/C22H37N3O5.C11H19NO2.C8H13NO3.C8H18.C5H12O.C3H8.2C2H7N.C2H6/c1-6-10-17(26)14-23-21(29)20(15(2)3)24(5)18(27)11-8-7-9-12-25-19(28)13-16(4)22(25)30;1-4-6-9(7-5-2)8-10(12-3)11(13)14;1-7(4-10)3-9(6-12)8(2)5-11;1-5-6-7-8(2,3)4;1-4-5(2)6-3;3*1-3-2;1-2/h15-16,20H,6-14H2,1-5H3,(H,23,29);4-5,7,9-10,12H,1,6,8H2,2-3H3,(H,13,14);5-6,8,10H,1,3-4H2,2H3;5-7H2,1-4H3;5H,4H2,1-3H3;3H2,1-2H3;2*3H,1-2H3;1-2H3/b;7-5-;;;;;;;. The highest BCUT2D eigenvalue weighted by molar-refractivity contribution is 6.03. The molecule has 1 fully saturated rings. The lowest BCUT2D eigenvalue weighted by Crippen LogP contribution is -2.51. The number of aliphatic hydroxyl groups is 1. The second-order valence-electron chi connectivity index (χ2n) is 21.1. The lowest BCUT2D eigenvalue weighted by molar-refractivity contribution is -0.141. The molecule has 18 nitrogen and oxygen atoms in total. The molecule has 1 aliphatic heterocycles. The van der Waals surface area contributed by atoms with E-state index in [1.165, 1.54) is 40.4 Å². The third kappa shape index (κ3) is 59.8. The van der Waals surface area contributed by atoms with Crippen LogP contribution < -0.4 is 21.3 Å². The highest BCUT2D eigenvalue weighted by atomic mass is 16.5. The van der Waals surface area contributed by atoms with E-state index in [-0.39, 0.29) is 73.3 Å². The molecule has 480 valence electrons. The Balaban J connectivity index is -0.000000145. The number of ketones is 1. The summed E-state index contributed by atoms with van der Waals surface area (Å²) in [5, 5.41) is 28.4. The van der Waals surface area contributed by atoms with Crippen LogP contribution in [0.2, 0.25) is 0 Å². The van der Waals surface area contributed by atoms with Crippen LogP contribution in [0.5, 0.6) is 0 Å². The molecule has 0 spiro atoms. The molecular formula is C63H127N7O11. The molecule has 5 amide bonds. The lowest BCUT2D eigenvalue weighted by Gasteiger charge is -2.30. The van der Waals surface area contributed by atoms with Gasteiger partial charge in [-0.15, -0.1) is 6.58 Å². The number of hydrogen-bond donors (Lipinski definition) is 6. The highest BCUT2D eigenvalue weighted by Gasteiger charge is 2.35. The number of likely N-dealkylation sites (tertiary alicyclic amines) is 1. The van der Waals surface area contributed by atoms with E-state index in [1.807, 2.05) is 88.0 Å². The molecule has 1 saturated heterocycles. The molecule has 0 aromatic carbocycles. The molecule has 18 heteroatoms. The molecule has 6 atom stereocenters. The molecule has 0 aromatic heterocycles.